The summed E-state index contributed by atoms with van der Waals surface area (Å²) in [6.07, 6.45) is 4.69. The summed E-state index contributed by atoms with van der Waals surface area (Å²) in [5.41, 5.74) is 0.998. The first-order valence-electron chi connectivity index (χ1n) is 10.00. The second-order valence-corrected chi connectivity index (χ2v) is 7.22. The first kappa shape index (κ1) is 20.8. The Morgan fingerprint density at radius 2 is 1.76 bits per heavy atom. The molecule has 0 unspecified atom stereocenters. The van der Waals surface area contributed by atoms with Crippen molar-refractivity contribution in [3.05, 3.63) is 69.8 Å². The molecule has 3 rings (SSSR count). The minimum Gasteiger partial charge on any atom is -0.497 e. The van der Waals surface area contributed by atoms with E-state index >= 15 is 0 Å². The summed E-state index contributed by atoms with van der Waals surface area (Å²) >= 11 is 0. The van der Waals surface area contributed by atoms with Gasteiger partial charge in [-0.1, -0.05) is 37.1 Å². The first-order valence-corrected chi connectivity index (χ1v) is 10.00. The van der Waals surface area contributed by atoms with Crippen molar-refractivity contribution in [2.75, 3.05) is 26.7 Å². The Kier molecular flexibility index (Phi) is 7.19. The predicted molar refractivity (Wildman–Crippen MR) is 111 cm³/mol. The zero-order valence-electron chi connectivity index (χ0n) is 16.7. The van der Waals surface area contributed by atoms with Crippen LogP contribution in [0.15, 0.2) is 48.5 Å². The molecule has 1 saturated heterocycles. The van der Waals surface area contributed by atoms with Gasteiger partial charge in [-0.15, -0.1) is 0 Å². The fourth-order valence-electron chi connectivity index (χ4n) is 3.80. The molecule has 1 N–H and O–H groups in total. The minimum atomic E-state index is -0.523. The molecule has 0 saturated carbocycles. The Labute approximate surface area is 170 Å². The van der Waals surface area contributed by atoms with Gasteiger partial charge in [0.1, 0.15) is 11.3 Å². The van der Waals surface area contributed by atoms with Crippen molar-refractivity contribution < 1.29 is 14.5 Å². The zero-order valence-corrected chi connectivity index (χ0v) is 16.7. The lowest BCUT2D eigenvalue weighted by Gasteiger charge is -2.31. The minimum absolute atomic E-state index is 0.00530. The van der Waals surface area contributed by atoms with E-state index < -0.39 is 10.8 Å². The van der Waals surface area contributed by atoms with Gasteiger partial charge in [-0.05, 0) is 49.7 Å². The van der Waals surface area contributed by atoms with Gasteiger partial charge >= 0.3 is 0 Å². The van der Waals surface area contributed by atoms with Gasteiger partial charge < -0.3 is 10.1 Å². The van der Waals surface area contributed by atoms with Crippen molar-refractivity contribution in [2.24, 2.45) is 0 Å². The molecule has 29 heavy (non-hydrogen) atoms. The molecule has 154 valence electrons. The molecule has 1 aliphatic heterocycles. The third kappa shape index (κ3) is 5.32. The van der Waals surface area contributed by atoms with Crippen LogP contribution in [-0.4, -0.2) is 42.5 Å². The Bertz CT molecular complexity index is 830. The molecule has 1 atom stereocenters. The van der Waals surface area contributed by atoms with Crippen LogP contribution < -0.4 is 10.1 Å². The summed E-state index contributed by atoms with van der Waals surface area (Å²) in [5.74, 6) is 0.359. The van der Waals surface area contributed by atoms with Gasteiger partial charge in [0, 0.05) is 12.6 Å². The van der Waals surface area contributed by atoms with Gasteiger partial charge in [-0.25, -0.2) is 0 Å². The predicted octanol–water partition coefficient (Wildman–Crippen LogP) is 3.95. The lowest BCUT2D eigenvalue weighted by Crippen LogP contribution is -2.38. The number of carbonyl (C=O) groups excluding carboxylic acids is 1. The molecule has 7 heteroatoms. The third-order valence-electron chi connectivity index (χ3n) is 5.38. The molecule has 0 aromatic heterocycles. The maximum Gasteiger partial charge on any atom is 0.282 e. The average molecular weight is 397 g/mol. The van der Waals surface area contributed by atoms with Crippen LogP contribution in [0.2, 0.25) is 0 Å². The molecule has 1 heterocycles. The second kappa shape index (κ2) is 10.0. The highest BCUT2D eigenvalue weighted by Gasteiger charge is 2.24. The van der Waals surface area contributed by atoms with E-state index in [0.29, 0.717) is 6.54 Å². The van der Waals surface area contributed by atoms with E-state index in [2.05, 4.69) is 10.2 Å². The lowest BCUT2D eigenvalue weighted by molar-refractivity contribution is -0.385. The number of nitro groups is 1. The average Bonchev–Trinajstić information content (AvgIpc) is 3.03. The Morgan fingerprint density at radius 3 is 2.38 bits per heavy atom. The molecule has 0 aliphatic carbocycles. The van der Waals surface area contributed by atoms with Crippen LogP contribution in [0, 0.1) is 10.1 Å². The van der Waals surface area contributed by atoms with E-state index in [1.807, 2.05) is 24.3 Å². The van der Waals surface area contributed by atoms with Gasteiger partial charge in [0.25, 0.3) is 11.6 Å². The number of para-hydroxylation sites is 1. The molecule has 0 spiro atoms. The molecule has 2 aromatic carbocycles. The summed E-state index contributed by atoms with van der Waals surface area (Å²) in [6, 6.07) is 13.9. The molecule has 0 radical (unpaired) electrons. The summed E-state index contributed by atoms with van der Waals surface area (Å²) in [4.78, 5) is 25.8. The highest BCUT2D eigenvalue weighted by molar-refractivity contribution is 5.98. The van der Waals surface area contributed by atoms with Crippen molar-refractivity contribution in [3.63, 3.8) is 0 Å². The van der Waals surface area contributed by atoms with Gasteiger partial charge in [0.15, 0.2) is 0 Å². The van der Waals surface area contributed by atoms with E-state index in [1.54, 1.807) is 19.2 Å². The van der Waals surface area contributed by atoms with E-state index in [9.17, 15) is 14.9 Å². The van der Waals surface area contributed by atoms with Gasteiger partial charge in [-0.2, -0.15) is 0 Å². The summed E-state index contributed by atoms with van der Waals surface area (Å²) < 4.78 is 5.26. The fourth-order valence-corrected chi connectivity index (χ4v) is 3.80. The van der Waals surface area contributed by atoms with Crippen LogP contribution >= 0.6 is 0 Å². The number of hydrogen-bond acceptors (Lipinski definition) is 5. The summed E-state index contributed by atoms with van der Waals surface area (Å²) in [5, 5.41) is 14.2. The van der Waals surface area contributed by atoms with Crippen LogP contribution in [0.4, 0.5) is 5.69 Å². The maximum absolute atomic E-state index is 12.7. The molecule has 1 aliphatic rings. The number of benzene rings is 2. The van der Waals surface area contributed by atoms with E-state index in [-0.39, 0.29) is 17.3 Å². The van der Waals surface area contributed by atoms with Crippen molar-refractivity contribution in [1.29, 1.82) is 0 Å². The normalized spacial score (nSPS) is 15.9. The van der Waals surface area contributed by atoms with Gasteiger partial charge in [-0.3, -0.25) is 19.8 Å². The van der Waals surface area contributed by atoms with Crippen LogP contribution in [-0.2, 0) is 0 Å². The monoisotopic (exact) mass is 397 g/mol. The maximum atomic E-state index is 12.7. The van der Waals surface area contributed by atoms with Crippen molar-refractivity contribution in [2.45, 2.75) is 31.7 Å². The smallest absolute Gasteiger partial charge is 0.282 e. The molecule has 0 bridgehead atoms. The standard InChI is InChI=1S/C22H27N3O4/c1-29-18-12-10-17(11-13-18)21(24-14-6-2-3-7-15-24)16-23-22(26)19-8-4-5-9-20(19)25(27)28/h4-5,8-13,21H,2-3,6-7,14-16H2,1H3,(H,23,26)/t21-/m0/s1. The number of carbonyl (C=O) groups is 1. The van der Waals surface area contributed by atoms with Crippen LogP contribution in [0.5, 0.6) is 5.75 Å². The number of hydrogen-bond donors (Lipinski definition) is 1. The molecule has 1 amide bonds. The van der Waals surface area contributed by atoms with Crippen molar-refractivity contribution >= 4 is 11.6 Å². The highest BCUT2D eigenvalue weighted by Crippen LogP contribution is 2.26. The first-order chi connectivity index (χ1) is 14.1. The number of nitrogens with zero attached hydrogens (tertiary/aromatic N) is 2. The largest absolute Gasteiger partial charge is 0.497 e. The summed E-state index contributed by atoms with van der Waals surface area (Å²) in [7, 11) is 1.63. The van der Waals surface area contributed by atoms with E-state index in [0.717, 1.165) is 37.2 Å². The molecule has 1 fully saturated rings. The Balaban J connectivity index is 1.79. The molecular formula is C22H27N3O4. The number of amides is 1. The number of nitro benzene ring substituents is 1. The number of nitrogens with one attached hydrogen (secondary N) is 1. The SMILES string of the molecule is COc1ccc([C@H](CNC(=O)c2ccccc2[N+](=O)[O-])N2CCCCCC2)cc1. The number of methoxy groups -OCH3 is 1. The highest BCUT2D eigenvalue weighted by atomic mass is 16.6. The number of likely N-dealkylation sites (tertiary alicyclic amines) is 1. The zero-order chi connectivity index (χ0) is 20.6. The topological polar surface area (TPSA) is 84.7 Å². The number of rotatable bonds is 7. The quantitative estimate of drug-likeness (QED) is 0.565. The van der Waals surface area contributed by atoms with E-state index in [1.165, 1.54) is 25.0 Å². The van der Waals surface area contributed by atoms with Crippen LogP contribution in [0.1, 0.15) is 47.6 Å². The molecular weight excluding hydrogens is 370 g/mol. The van der Waals surface area contributed by atoms with E-state index in [4.69, 9.17) is 4.74 Å². The number of ether oxygens (including phenoxy) is 1. The van der Waals surface area contributed by atoms with Crippen molar-refractivity contribution in [1.82, 2.24) is 10.2 Å². The Morgan fingerprint density at radius 1 is 1.10 bits per heavy atom. The second-order valence-electron chi connectivity index (χ2n) is 7.22. The van der Waals surface area contributed by atoms with Gasteiger partial charge in [0.2, 0.25) is 0 Å². The van der Waals surface area contributed by atoms with Crippen LogP contribution in [0.25, 0.3) is 0 Å². The fraction of sp³-hybridized carbons (Fsp3) is 0.409. The molecule has 7 nitrogen and oxygen atoms in total. The lowest BCUT2D eigenvalue weighted by atomic mass is 10.0. The third-order valence-corrected chi connectivity index (χ3v) is 5.38. The Hall–Kier alpha value is -2.93. The van der Waals surface area contributed by atoms with Crippen LogP contribution in [0.3, 0.4) is 0 Å². The summed E-state index contributed by atoms with van der Waals surface area (Å²) in [6.45, 7) is 2.33. The van der Waals surface area contributed by atoms with Gasteiger partial charge in [0.05, 0.1) is 18.1 Å². The molecule has 2 aromatic rings. The van der Waals surface area contributed by atoms with Crippen molar-refractivity contribution in [3.8, 4) is 5.75 Å².